The smallest absolute Gasteiger partial charge is 0.0832 e. The molecule has 2 rings (SSSR count). The van der Waals surface area contributed by atoms with Gasteiger partial charge in [-0.15, -0.1) is 11.3 Å². The van der Waals surface area contributed by atoms with Crippen LogP contribution in [0.1, 0.15) is 30.6 Å². The van der Waals surface area contributed by atoms with Crippen molar-refractivity contribution in [1.82, 2.24) is 0 Å². The number of rotatable bonds is 4. The average molecular weight is 304 g/mol. The van der Waals surface area contributed by atoms with Crippen LogP contribution >= 0.6 is 27.3 Å². The molecule has 0 aromatic carbocycles. The quantitative estimate of drug-likeness (QED) is 0.926. The van der Waals surface area contributed by atoms with Crippen molar-refractivity contribution in [3.63, 3.8) is 0 Å². The first-order valence-corrected chi connectivity index (χ1v) is 7.37. The van der Waals surface area contributed by atoms with Crippen LogP contribution in [-0.2, 0) is 11.2 Å². The maximum Gasteiger partial charge on any atom is 0.0832 e. The lowest BCUT2D eigenvalue weighted by Gasteiger charge is -2.33. The first kappa shape index (κ1) is 12.6. The Kier molecular flexibility index (Phi) is 4.06. The van der Waals surface area contributed by atoms with Crippen molar-refractivity contribution in [2.45, 2.75) is 43.7 Å². The van der Waals surface area contributed by atoms with E-state index in [1.807, 2.05) is 0 Å². The minimum atomic E-state index is -0.0730. The maximum absolute atomic E-state index is 6.33. The predicted octanol–water partition coefficient (Wildman–Crippen LogP) is 3.34. The Labute approximate surface area is 109 Å². The van der Waals surface area contributed by atoms with Gasteiger partial charge in [-0.05, 0) is 41.3 Å². The van der Waals surface area contributed by atoms with E-state index < -0.39 is 0 Å². The molecule has 2 N–H and O–H groups in total. The van der Waals surface area contributed by atoms with Crippen LogP contribution < -0.4 is 5.73 Å². The fraction of sp³-hybridized carbons (Fsp3) is 0.667. The normalized spacial score (nSPS) is 21.2. The van der Waals surface area contributed by atoms with E-state index in [1.165, 1.54) is 17.7 Å². The standard InChI is InChI=1S/C12H18BrNOS/c1-15-12(4-2-3-5-12)11(14)7-10-6-9(13)8-16-10/h6,8,11H,2-5,7,14H2,1H3. The lowest BCUT2D eigenvalue weighted by atomic mass is 9.90. The van der Waals surface area contributed by atoms with E-state index in [4.69, 9.17) is 10.5 Å². The fourth-order valence-electron chi connectivity index (χ4n) is 2.56. The lowest BCUT2D eigenvalue weighted by Crippen LogP contribution is -2.48. The van der Waals surface area contributed by atoms with Crippen molar-refractivity contribution >= 4 is 27.3 Å². The molecular formula is C12H18BrNOS. The number of methoxy groups -OCH3 is 1. The van der Waals surface area contributed by atoms with Gasteiger partial charge in [-0.1, -0.05) is 12.8 Å². The molecule has 90 valence electrons. The number of ether oxygens (including phenoxy) is 1. The third-order valence-electron chi connectivity index (χ3n) is 3.58. The third-order valence-corrected chi connectivity index (χ3v) is 5.29. The van der Waals surface area contributed by atoms with Gasteiger partial charge in [-0.3, -0.25) is 0 Å². The van der Waals surface area contributed by atoms with E-state index in [9.17, 15) is 0 Å². The minimum Gasteiger partial charge on any atom is -0.377 e. The minimum absolute atomic E-state index is 0.0730. The van der Waals surface area contributed by atoms with Crippen molar-refractivity contribution in [2.24, 2.45) is 5.73 Å². The number of hydrogen-bond acceptors (Lipinski definition) is 3. The van der Waals surface area contributed by atoms with Crippen LogP contribution in [0, 0.1) is 0 Å². The van der Waals surface area contributed by atoms with Crippen molar-refractivity contribution in [1.29, 1.82) is 0 Å². The van der Waals surface area contributed by atoms with Crippen molar-refractivity contribution in [2.75, 3.05) is 7.11 Å². The second-order valence-electron chi connectivity index (χ2n) is 4.52. The highest BCUT2D eigenvalue weighted by molar-refractivity contribution is 9.10. The zero-order valence-corrected chi connectivity index (χ0v) is 11.9. The zero-order chi connectivity index (χ0) is 11.6. The molecule has 1 heterocycles. The van der Waals surface area contributed by atoms with Gasteiger partial charge in [0, 0.05) is 27.9 Å². The maximum atomic E-state index is 6.33. The highest BCUT2D eigenvalue weighted by atomic mass is 79.9. The lowest BCUT2D eigenvalue weighted by molar-refractivity contribution is -0.0251. The summed E-state index contributed by atoms with van der Waals surface area (Å²) in [6.45, 7) is 0. The van der Waals surface area contributed by atoms with Crippen LogP contribution in [0.3, 0.4) is 0 Å². The van der Waals surface area contributed by atoms with E-state index in [0.29, 0.717) is 0 Å². The summed E-state index contributed by atoms with van der Waals surface area (Å²) in [7, 11) is 1.80. The summed E-state index contributed by atoms with van der Waals surface area (Å²) in [6, 6.07) is 2.27. The Morgan fingerprint density at radius 1 is 1.56 bits per heavy atom. The van der Waals surface area contributed by atoms with Crippen LogP contribution in [-0.4, -0.2) is 18.8 Å². The molecule has 1 saturated carbocycles. The number of hydrogen-bond donors (Lipinski definition) is 1. The molecule has 1 unspecified atom stereocenters. The Hall–Kier alpha value is 0.1000. The van der Waals surface area contributed by atoms with Gasteiger partial charge in [0.15, 0.2) is 0 Å². The van der Waals surface area contributed by atoms with E-state index in [-0.39, 0.29) is 11.6 Å². The molecule has 4 heteroatoms. The zero-order valence-electron chi connectivity index (χ0n) is 9.54. The van der Waals surface area contributed by atoms with Crippen LogP contribution in [0.15, 0.2) is 15.9 Å². The molecule has 1 aromatic rings. The largest absolute Gasteiger partial charge is 0.377 e. The second-order valence-corrected chi connectivity index (χ2v) is 6.43. The Morgan fingerprint density at radius 3 is 2.75 bits per heavy atom. The first-order valence-electron chi connectivity index (χ1n) is 5.70. The van der Waals surface area contributed by atoms with Crippen LogP contribution in [0.25, 0.3) is 0 Å². The molecule has 1 aromatic heterocycles. The van der Waals surface area contributed by atoms with E-state index in [0.717, 1.165) is 23.7 Å². The van der Waals surface area contributed by atoms with Crippen molar-refractivity contribution in [3.8, 4) is 0 Å². The molecule has 0 radical (unpaired) electrons. The number of halogens is 1. The number of nitrogens with two attached hydrogens (primary N) is 1. The molecule has 1 atom stereocenters. The Morgan fingerprint density at radius 2 is 2.25 bits per heavy atom. The summed E-state index contributed by atoms with van der Waals surface area (Å²) in [4.78, 5) is 1.34. The summed E-state index contributed by atoms with van der Waals surface area (Å²) in [5.74, 6) is 0. The van der Waals surface area contributed by atoms with Crippen molar-refractivity contribution in [3.05, 3.63) is 20.8 Å². The van der Waals surface area contributed by atoms with Crippen LogP contribution in [0.4, 0.5) is 0 Å². The molecule has 1 fully saturated rings. The SMILES string of the molecule is COC1(C(N)Cc2cc(Br)cs2)CCCC1. The molecule has 1 aliphatic carbocycles. The van der Waals surface area contributed by atoms with Crippen LogP contribution in [0.5, 0.6) is 0 Å². The molecular weight excluding hydrogens is 286 g/mol. The van der Waals surface area contributed by atoms with Crippen molar-refractivity contribution < 1.29 is 4.74 Å². The topological polar surface area (TPSA) is 35.2 Å². The van der Waals surface area contributed by atoms with Gasteiger partial charge in [0.1, 0.15) is 0 Å². The average Bonchev–Trinajstić information content (AvgIpc) is 2.88. The van der Waals surface area contributed by atoms with Crippen LogP contribution in [0.2, 0.25) is 0 Å². The molecule has 1 aliphatic rings. The summed E-state index contributed by atoms with van der Waals surface area (Å²) in [5.41, 5.74) is 6.26. The van der Waals surface area contributed by atoms with Gasteiger partial charge >= 0.3 is 0 Å². The first-order chi connectivity index (χ1) is 7.66. The highest BCUT2D eigenvalue weighted by Gasteiger charge is 2.39. The van der Waals surface area contributed by atoms with Gasteiger partial charge in [-0.25, -0.2) is 0 Å². The molecule has 0 saturated heterocycles. The molecule has 2 nitrogen and oxygen atoms in total. The van der Waals surface area contributed by atoms with E-state index in [2.05, 4.69) is 27.4 Å². The van der Waals surface area contributed by atoms with Gasteiger partial charge < -0.3 is 10.5 Å². The summed E-state index contributed by atoms with van der Waals surface area (Å²) in [6.07, 6.45) is 5.63. The molecule has 0 bridgehead atoms. The van der Waals surface area contributed by atoms with Gasteiger partial charge in [0.05, 0.1) is 5.60 Å². The number of thiophene rings is 1. The molecule has 0 amide bonds. The van der Waals surface area contributed by atoms with E-state index in [1.54, 1.807) is 18.4 Å². The molecule has 16 heavy (non-hydrogen) atoms. The molecule has 0 aliphatic heterocycles. The molecule has 0 spiro atoms. The monoisotopic (exact) mass is 303 g/mol. The second kappa shape index (κ2) is 5.17. The predicted molar refractivity (Wildman–Crippen MR) is 71.9 cm³/mol. The summed E-state index contributed by atoms with van der Waals surface area (Å²) >= 11 is 5.24. The Bertz CT molecular complexity index is 347. The Balaban J connectivity index is 2.03. The van der Waals surface area contributed by atoms with Gasteiger partial charge in [0.25, 0.3) is 0 Å². The van der Waals surface area contributed by atoms with Gasteiger partial charge in [0.2, 0.25) is 0 Å². The van der Waals surface area contributed by atoms with Gasteiger partial charge in [-0.2, -0.15) is 0 Å². The third kappa shape index (κ3) is 2.50. The summed E-state index contributed by atoms with van der Waals surface area (Å²) in [5, 5.41) is 2.11. The highest BCUT2D eigenvalue weighted by Crippen LogP contribution is 2.36. The summed E-state index contributed by atoms with van der Waals surface area (Å²) < 4.78 is 6.86. The fourth-order valence-corrected chi connectivity index (χ4v) is 4.07. The van der Waals surface area contributed by atoms with E-state index >= 15 is 0 Å².